The number of hydrogen-bond acceptors (Lipinski definition) is 4. The minimum Gasteiger partial charge on any atom is -0.361 e. The maximum absolute atomic E-state index is 13.5. The van der Waals surface area contributed by atoms with Gasteiger partial charge in [0.15, 0.2) is 5.78 Å². The van der Waals surface area contributed by atoms with Crippen molar-refractivity contribution in [2.75, 3.05) is 5.32 Å². The summed E-state index contributed by atoms with van der Waals surface area (Å²) in [5, 5.41) is 9.17. The molecule has 30 heavy (non-hydrogen) atoms. The van der Waals surface area contributed by atoms with Gasteiger partial charge >= 0.3 is 0 Å². The summed E-state index contributed by atoms with van der Waals surface area (Å²) in [4.78, 5) is 21.4. The number of benzene rings is 2. The lowest BCUT2D eigenvalue weighted by Crippen LogP contribution is -2.33. The lowest BCUT2D eigenvalue weighted by molar-refractivity contribution is -0.116. The average Bonchev–Trinajstić information content (AvgIpc) is 3.35. The summed E-state index contributed by atoms with van der Waals surface area (Å²) in [6.07, 6.45) is 3.30. The number of aromatic amines is 1. The van der Waals surface area contributed by atoms with E-state index in [1.54, 1.807) is 0 Å². The van der Waals surface area contributed by atoms with Gasteiger partial charge < -0.3 is 10.3 Å². The topological polar surface area (TPSA) is 75.6 Å². The molecule has 0 amide bonds. The molecule has 148 valence electrons. The van der Waals surface area contributed by atoms with Gasteiger partial charge in [-0.05, 0) is 30.9 Å². The zero-order valence-corrected chi connectivity index (χ0v) is 16.6. The van der Waals surface area contributed by atoms with Crippen molar-refractivity contribution in [3.8, 4) is 0 Å². The Labute approximate surface area is 173 Å². The summed E-state index contributed by atoms with van der Waals surface area (Å²) >= 11 is 0. The lowest BCUT2D eigenvalue weighted by atomic mass is 9.78. The second kappa shape index (κ2) is 6.42. The molecule has 0 unspecified atom stereocenters. The first kappa shape index (κ1) is 17.2. The summed E-state index contributed by atoms with van der Waals surface area (Å²) in [7, 11) is 0. The number of hydrogen-bond donors (Lipinski definition) is 2. The van der Waals surface area contributed by atoms with Crippen LogP contribution in [0.2, 0.25) is 0 Å². The number of anilines is 1. The van der Waals surface area contributed by atoms with Crippen LogP contribution in [0.1, 0.15) is 41.8 Å². The minimum atomic E-state index is -0.280. The predicted octanol–water partition coefficient (Wildman–Crippen LogP) is 4.48. The van der Waals surface area contributed by atoms with Gasteiger partial charge in [-0.2, -0.15) is 10.1 Å². The molecule has 0 saturated heterocycles. The van der Waals surface area contributed by atoms with Crippen molar-refractivity contribution >= 4 is 22.6 Å². The quantitative estimate of drug-likeness (QED) is 0.525. The monoisotopic (exact) mass is 395 g/mol. The van der Waals surface area contributed by atoms with Crippen LogP contribution < -0.4 is 5.32 Å². The SMILES string of the molecule is Cc1nc2n(n1)[C@@H](c1c[nH]c3ccccc13)C1=C(C[C@H](c3ccccc3)CC1=O)N2. The summed E-state index contributed by atoms with van der Waals surface area (Å²) < 4.78 is 1.87. The number of para-hydroxylation sites is 1. The molecular formula is C24H21N5O. The highest BCUT2D eigenvalue weighted by molar-refractivity contribution is 6.01. The molecule has 0 spiro atoms. The van der Waals surface area contributed by atoms with E-state index in [9.17, 15) is 4.79 Å². The zero-order chi connectivity index (χ0) is 20.2. The minimum absolute atomic E-state index is 0.170. The number of allylic oxidation sites excluding steroid dienone is 2. The highest BCUT2D eigenvalue weighted by Crippen LogP contribution is 2.45. The third-order valence-corrected chi connectivity index (χ3v) is 6.21. The van der Waals surface area contributed by atoms with Gasteiger partial charge in [-0.3, -0.25) is 4.79 Å². The molecule has 0 radical (unpaired) electrons. The Balaban J connectivity index is 1.52. The van der Waals surface area contributed by atoms with Crippen LogP contribution in [0, 0.1) is 6.92 Å². The molecule has 2 aromatic heterocycles. The van der Waals surface area contributed by atoms with Crippen molar-refractivity contribution < 1.29 is 4.79 Å². The van der Waals surface area contributed by atoms with E-state index in [4.69, 9.17) is 0 Å². The molecule has 2 aliphatic rings. The largest absolute Gasteiger partial charge is 0.361 e. The maximum atomic E-state index is 13.5. The van der Waals surface area contributed by atoms with E-state index in [0.29, 0.717) is 18.2 Å². The van der Waals surface area contributed by atoms with E-state index in [-0.39, 0.29) is 17.7 Å². The molecule has 4 aromatic rings. The number of nitrogens with one attached hydrogen (secondary N) is 2. The van der Waals surface area contributed by atoms with Gasteiger partial charge in [0.05, 0.1) is 0 Å². The number of H-pyrrole nitrogens is 1. The van der Waals surface area contributed by atoms with Crippen LogP contribution in [0.15, 0.2) is 72.1 Å². The van der Waals surface area contributed by atoms with Crippen molar-refractivity contribution in [3.05, 3.63) is 89.0 Å². The molecule has 2 aromatic carbocycles. The van der Waals surface area contributed by atoms with Gasteiger partial charge in [0.1, 0.15) is 11.9 Å². The Kier molecular flexibility index (Phi) is 3.68. The third-order valence-electron chi connectivity index (χ3n) is 6.21. The van der Waals surface area contributed by atoms with Crippen LogP contribution in [0.3, 0.4) is 0 Å². The van der Waals surface area contributed by atoms with Crippen molar-refractivity contribution in [1.29, 1.82) is 0 Å². The number of rotatable bonds is 2. The van der Waals surface area contributed by atoms with Gasteiger partial charge in [-0.15, -0.1) is 0 Å². The highest BCUT2D eigenvalue weighted by atomic mass is 16.1. The fourth-order valence-electron chi connectivity index (χ4n) is 4.89. The molecule has 1 aliphatic carbocycles. The lowest BCUT2D eigenvalue weighted by Gasteiger charge is -2.35. The van der Waals surface area contributed by atoms with Crippen LogP contribution in [0.25, 0.3) is 10.9 Å². The van der Waals surface area contributed by atoms with Crippen molar-refractivity contribution in [2.45, 2.75) is 31.7 Å². The van der Waals surface area contributed by atoms with E-state index in [1.807, 2.05) is 48.1 Å². The molecule has 0 saturated carbocycles. The van der Waals surface area contributed by atoms with Crippen molar-refractivity contribution in [1.82, 2.24) is 19.7 Å². The van der Waals surface area contributed by atoms with E-state index >= 15 is 0 Å². The maximum Gasteiger partial charge on any atom is 0.226 e. The number of carbonyl (C=O) groups is 1. The molecule has 0 fully saturated rings. The first-order chi connectivity index (χ1) is 14.7. The first-order valence-electron chi connectivity index (χ1n) is 10.3. The standard InChI is InChI=1S/C24H21N5O/c1-14-26-24-27-20-11-16(15-7-3-2-4-8-15)12-21(30)22(20)23(29(24)28-14)18-13-25-19-10-6-5-9-17(18)19/h2-10,13,16,23,25H,11-12H2,1H3,(H,26,27,28)/t16-,23-/m0/s1. The van der Waals surface area contributed by atoms with Gasteiger partial charge in [0.2, 0.25) is 5.95 Å². The van der Waals surface area contributed by atoms with Gasteiger partial charge in [0, 0.05) is 40.4 Å². The Hall–Kier alpha value is -3.67. The molecule has 6 heteroatoms. The Morgan fingerprint density at radius 1 is 1.03 bits per heavy atom. The van der Waals surface area contributed by atoms with Gasteiger partial charge in [-0.25, -0.2) is 4.68 Å². The Morgan fingerprint density at radius 2 is 1.83 bits per heavy atom. The highest BCUT2D eigenvalue weighted by Gasteiger charge is 2.40. The number of Topliss-reactive ketones (excluding diaryl/α,β-unsaturated/α-hetero) is 1. The molecule has 3 heterocycles. The second-order valence-electron chi connectivity index (χ2n) is 8.08. The van der Waals surface area contributed by atoms with Gasteiger partial charge in [-0.1, -0.05) is 48.5 Å². The number of aryl methyl sites for hydroxylation is 1. The molecular weight excluding hydrogens is 374 g/mol. The summed E-state index contributed by atoms with van der Waals surface area (Å²) in [6.45, 7) is 1.88. The summed E-state index contributed by atoms with van der Waals surface area (Å²) in [6, 6.07) is 18.2. The molecule has 6 nitrogen and oxygen atoms in total. The number of nitrogens with zero attached hydrogens (tertiary/aromatic N) is 3. The number of ketones is 1. The number of carbonyl (C=O) groups excluding carboxylic acids is 1. The van der Waals surface area contributed by atoms with E-state index in [0.717, 1.165) is 34.2 Å². The Bertz CT molecular complexity index is 1310. The normalized spacial score (nSPS) is 20.8. The number of fused-ring (bicyclic) bond motifs is 2. The van der Waals surface area contributed by atoms with Crippen LogP contribution in [-0.4, -0.2) is 25.5 Å². The van der Waals surface area contributed by atoms with Crippen LogP contribution in [0.4, 0.5) is 5.95 Å². The fourth-order valence-corrected chi connectivity index (χ4v) is 4.89. The molecule has 1 aliphatic heterocycles. The first-order valence-corrected chi connectivity index (χ1v) is 10.3. The molecule has 2 atom stereocenters. The van der Waals surface area contributed by atoms with Crippen LogP contribution in [-0.2, 0) is 4.79 Å². The van der Waals surface area contributed by atoms with Crippen LogP contribution in [0.5, 0.6) is 0 Å². The van der Waals surface area contributed by atoms with E-state index in [2.05, 4.69) is 44.6 Å². The van der Waals surface area contributed by atoms with Crippen molar-refractivity contribution in [2.24, 2.45) is 0 Å². The van der Waals surface area contributed by atoms with Gasteiger partial charge in [0.25, 0.3) is 0 Å². The molecule has 6 rings (SSSR count). The van der Waals surface area contributed by atoms with E-state index < -0.39 is 0 Å². The van der Waals surface area contributed by atoms with E-state index in [1.165, 1.54) is 5.56 Å². The summed E-state index contributed by atoms with van der Waals surface area (Å²) in [5.41, 5.74) is 5.08. The second-order valence-corrected chi connectivity index (χ2v) is 8.08. The zero-order valence-electron chi connectivity index (χ0n) is 16.6. The average molecular weight is 395 g/mol. The Morgan fingerprint density at radius 3 is 2.70 bits per heavy atom. The summed E-state index contributed by atoms with van der Waals surface area (Å²) in [5.74, 6) is 1.73. The predicted molar refractivity (Wildman–Crippen MR) is 115 cm³/mol. The smallest absolute Gasteiger partial charge is 0.226 e. The number of aromatic nitrogens is 4. The molecule has 2 N–H and O–H groups in total. The molecule has 0 bridgehead atoms. The van der Waals surface area contributed by atoms with Crippen LogP contribution >= 0.6 is 0 Å². The van der Waals surface area contributed by atoms with Crippen molar-refractivity contribution in [3.63, 3.8) is 0 Å². The third kappa shape index (κ3) is 2.53. The fraction of sp³-hybridized carbons (Fsp3) is 0.208.